The Morgan fingerprint density at radius 2 is 1.83 bits per heavy atom. The van der Waals surface area contributed by atoms with Gasteiger partial charge in [-0.05, 0) is 0 Å². The van der Waals surface area contributed by atoms with Crippen molar-refractivity contribution in [3.8, 4) is 0 Å². The summed E-state index contributed by atoms with van der Waals surface area (Å²) in [5.74, 6) is 0. The molecule has 132 valence electrons. The second-order valence-electron chi connectivity index (χ2n) is 4.97. The van der Waals surface area contributed by atoms with Crippen LogP contribution in [-0.2, 0) is 30.9 Å². The van der Waals surface area contributed by atoms with E-state index in [1.807, 2.05) is 42.8 Å². The molecule has 3 N–H and O–H groups in total. The summed E-state index contributed by atoms with van der Waals surface area (Å²) in [6.45, 7) is 2.45. The van der Waals surface area contributed by atoms with Crippen molar-refractivity contribution >= 4 is 27.0 Å². The number of hydrogen-bond acceptors (Lipinski definition) is 5. The van der Waals surface area contributed by atoms with Crippen LogP contribution in [0.5, 0.6) is 0 Å². The number of nitrogens with zero attached hydrogens (tertiary/aromatic N) is 1. The van der Waals surface area contributed by atoms with Crippen LogP contribution in [0, 0.1) is 6.92 Å². The smallest absolute Gasteiger partial charge is 0.302 e. The van der Waals surface area contributed by atoms with Gasteiger partial charge in [0, 0.05) is 18.9 Å². The molecular weight excluding hydrogens is 376 g/mol. The minimum Gasteiger partial charge on any atom is -0.302 e. The summed E-state index contributed by atoms with van der Waals surface area (Å²) in [6, 6.07) is 9.92. The number of hydrogen-bond donors (Lipinski definition) is 3. The van der Waals surface area contributed by atoms with Gasteiger partial charge in [-0.2, -0.15) is 8.88 Å². The third-order valence-electron chi connectivity index (χ3n) is 3.15. The summed E-state index contributed by atoms with van der Waals surface area (Å²) in [7, 11) is -9.86. The summed E-state index contributed by atoms with van der Waals surface area (Å²) in [5, 5.41) is 0. The van der Waals surface area contributed by atoms with Crippen LogP contribution in [0.2, 0.25) is 0 Å². The molecule has 8 nitrogen and oxygen atoms in total. The molecule has 0 saturated carbocycles. The number of benzene rings is 1. The Bertz CT molecular complexity index is 774. The van der Waals surface area contributed by atoms with Crippen molar-refractivity contribution in [3.05, 3.63) is 52.0 Å². The highest BCUT2D eigenvalue weighted by Crippen LogP contribution is 2.57. The molecule has 1 atom stereocenters. The van der Waals surface area contributed by atoms with Crippen LogP contribution in [0.1, 0.15) is 16.1 Å². The molecule has 1 aromatic heterocycles. The lowest BCUT2D eigenvalue weighted by Gasteiger charge is -2.11. The Morgan fingerprint density at radius 1 is 1.17 bits per heavy atom. The van der Waals surface area contributed by atoms with Gasteiger partial charge >= 0.3 is 15.6 Å². The molecule has 0 amide bonds. The predicted molar refractivity (Wildman–Crippen MR) is 87.4 cm³/mol. The molecule has 2 rings (SSSR count). The van der Waals surface area contributed by atoms with Gasteiger partial charge < -0.3 is 14.7 Å². The molecule has 0 aliphatic carbocycles. The van der Waals surface area contributed by atoms with Gasteiger partial charge in [0.15, 0.2) is 12.2 Å². The van der Waals surface area contributed by atoms with E-state index in [0.717, 1.165) is 16.1 Å². The van der Waals surface area contributed by atoms with Crippen LogP contribution in [0.4, 0.5) is 0 Å². The summed E-state index contributed by atoms with van der Waals surface area (Å²) >= 11 is 1.48. The van der Waals surface area contributed by atoms with Gasteiger partial charge in [0.1, 0.15) is 0 Å². The van der Waals surface area contributed by atoms with Crippen molar-refractivity contribution in [1.29, 1.82) is 0 Å². The van der Waals surface area contributed by atoms with Crippen LogP contribution >= 0.6 is 27.0 Å². The van der Waals surface area contributed by atoms with Gasteiger partial charge in [0.25, 0.3) is 0 Å². The third kappa shape index (κ3) is 6.20. The molecule has 2 aromatic rings. The average Bonchev–Trinajstić information content (AvgIpc) is 2.79. The highest BCUT2D eigenvalue weighted by atomic mass is 32.1. The zero-order chi connectivity index (χ0) is 17.8. The van der Waals surface area contributed by atoms with Crippen molar-refractivity contribution in [1.82, 2.24) is 0 Å². The maximum Gasteiger partial charge on any atom is 0.481 e. The summed E-state index contributed by atoms with van der Waals surface area (Å²) in [5.41, 5.74) is 4.10. The maximum absolute atomic E-state index is 11.4. The topological polar surface area (TPSA) is 117 Å². The molecule has 1 unspecified atom stereocenters. The number of thiazole rings is 1. The zero-order valence-corrected chi connectivity index (χ0v) is 15.4. The lowest BCUT2D eigenvalue weighted by molar-refractivity contribution is -0.689. The van der Waals surface area contributed by atoms with E-state index in [1.54, 1.807) is 0 Å². The molecule has 0 fully saturated rings. The van der Waals surface area contributed by atoms with Gasteiger partial charge in [-0.3, -0.25) is 4.52 Å². The van der Waals surface area contributed by atoms with E-state index in [9.17, 15) is 14.0 Å². The average molecular weight is 394 g/mol. The van der Waals surface area contributed by atoms with Crippen LogP contribution < -0.4 is 4.57 Å². The molecule has 24 heavy (non-hydrogen) atoms. The van der Waals surface area contributed by atoms with E-state index in [1.165, 1.54) is 11.3 Å². The van der Waals surface area contributed by atoms with Crippen LogP contribution in [-0.4, -0.2) is 21.3 Å². The van der Waals surface area contributed by atoms with E-state index in [4.69, 9.17) is 9.79 Å². The second-order valence-corrected chi connectivity index (χ2v) is 8.74. The van der Waals surface area contributed by atoms with Crippen molar-refractivity contribution in [2.24, 2.45) is 0 Å². The fourth-order valence-corrected chi connectivity index (χ4v) is 4.60. The zero-order valence-electron chi connectivity index (χ0n) is 12.8. The lowest BCUT2D eigenvalue weighted by atomic mass is 10.2. The minimum atomic E-state index is -5.08. The lowest BCUT2D eigenvalue weighted by Crippen LogP contribution is -2.35. The van der Waals surface area contributed by atoms with Gasteiger partial charge in [0.2, 0.25) is 5.51 Å². The first-order chi connectivity index (χ1) is 11.2. The maximum atomic E-state index is 11.4. The largest absolute Gasteiger partial charge is 0.481 e. The second kappa shape index (κ2) is 7.99. The van der Waals surface area contributed by atoms with E-state index in [-0.39, 0.29) is 6.61 Å². The van der Waals surface area contributed by atoms with E-state index >= 15 is 0 Å². The molecule has 0 aliphatic heterocycles. The third-order valence-corrected chi connectivity index (χ3v) is 6.47. The Morgan fingerprint density at radius 3 is 2.46 bits per heavy atom. The molecule has 0 aliphatic rings. The number of phosphoric acid groups is 2. The highest BCUT2D eigenvalue weighted by Gasteiger charge is 2.32. The van der Waals surface area contributed by atoms with Crippen LogP contribution in [0.25, 0.3) is 0 Å². The van der Waals surface area contributed by atoms with E-state index < -0.39 is 15.6 Å². The van der Waals surface area contributed by atoms with Gasteiger partial charge in [-0.15, -0.1) is 0 Å². The summed E-state index contributed by atoms with van der Waals surface area (Å²) in [4.78, 5) is 27.2. The molecule has 1 heterocycles. The number of aromatic nitrogens is 1. The van der Waals surface area contributed by atoms with Crippen molar-refractivity contribution in [2.75, 3.05) is 6.61 Å². The molecular formula is C13H18NO7P2S+. The minimum absolute atomic E-state index is 0.194. The first-order valence-corrected chi connectivity index (χ1v) is 10.8. The molecule has 0 bridgehead atoms. The SMILES string of the molecule is Cc1c(CCOP(=O)(O)OP(=O)(O)O)sc[n+]1Cc1ccccc1. The Balaban J connectivity index is 1.92. The summed E-state index contributed by atoms with van der Waals surface area (Å²) in [6.07, 6.45) is 0.327. The van der Waals surface area contributed by atoms with Crippen molar-refractivity contribution in [3.63, 3.8) is 0 Å². The number of rotatable bonds is 8. The van der Waals surface area contributed by atoms with Crippen molar-refractivity contribution < 1.29 is 37.2 Å². The molecule has 0 spiro atoms. The van der Waals surface area contributed by atoms with Gasteiger partial charge in [-0.1, -0.05) is 41.7 Å². The van der Waals surface area contributed by atoms with Crippen molar-refractivity contribution in [2.45, 2.75) is 19.9 Å². The Labute approximate surface area is 143 Å². The predicted octanol–water partition coefficient (Wildman–Crippen LogP) is 2.16. The van der Waals surface area contributed by atoms with Crippen LogP contribution in [0.15, 0.2) is 35.8 Å². The summed E-state index contributed by atoms with van der Waals surface area (Å²) < 4.78 is 32.3. The first kappa shape index (κ1) is 19.4. The fraction of sp³-hybridized carbons (Fsp3) is 0.308. The monoisotopic (exact) mass is 394 g/mol. The first-order valence-electron chi connectivity index (χ1n) is 6.91. The van der Waals surface area contributed by atoms with E-state index in [2.05, 4.69) is 13.4 Å². The molecule has 11 heteroatoms. The molecule has 0 radical (unpaired) electrons. The highest BCUT2D eigenvalue weighted by molar-refractivity contribution is 7.60. The van der Waals surface area contributed by atoms with Gasteiger partial charge in [0.05, 0.1) is 11.5 Å². The normalized spacial score (nSPS) is 14.5. The molecule has 0 saturated heterocycles. The van der Waals surface area contributed by atoms with Gasteiger partial charge in [-0.25, -0.2) is 9.13 Å². The Hall–Kier alpha value is -0.890. The molecule has 1 aromatic carbocycles. The quantitative estimate of drug-likeness (QED) is 0.464. The Kier molecular flexibility index (Phi) is 6.47. The fourth-order valence-electron chi connectivity index (χ4n) is 2.04. The number of phosphoric ester groups is 1. The standard InChI is InChI=1S/C13H17NO7P2S/c1-11-13(7-8-20-23(18,19)21-22(15,16)17)24-10-14(11)9-12-5-3-2-4-6-12/h2-6,10H,7-9H2,1H3,(H2-,15,16,17,18,19)/p+1. The van der Waals surface area contributed by atoms with Crippen LogP contribution in [0.3, 0.4) is 0 Å². The van der Waals surface area contributed by atoms with E-state index in [0.29, 0.717) is 13.0 Å².